The van der Waals surface area contributed by atoms with Gasteiger partial charge in [-0.2, -0.15) is 0 Å². The zero-order valence-corrected chi connectivity index (χ0v) is 9.93. The molecule has 1 heterocycles. The number of carbonyl (C=O) groups is 4. The largest absolute Gasteiger partial charge is 0.480 e. The smallest absolute Gasteiger partial charge is 0.326 e. The Kier molecular flexibility index (Phi) is 4.64. The lowest BCUT2D eigenvalue weighted by molar-refractivity contribution is -0.139. The number of rotatable bonds is 4. The number of nitrogens with one attached hydrogen (secondary N) is 2. The van der Waals surface area contributed by atoms with Crippen molar-refractivity contribution in [3.63, 3.8) is 0 Å². The van der Waals surface area contributed by atoms with Crippen LogP contribution in [0.1, 0.15) is 19.8 Å². The fourth-order valence-electron chi connectivity index (χ4n) is 1.57. The number of imide groups is 1. The SMILES string of the molecule is CCCC(NC(=O)N1CC(=O)NC(=O)C1)C(=O)O. The third-order valence-corrected chi connectivity index (χ3v) is 2.41. The number of carboxylic acids is 1. The zero-order chi connectivity index (χ0) is 13.7. The van der Waals surface area contributed by atoms with E-state index in [4.69, 9.17) is 5.11 Å². The summed E-state index contributed by atoms with van der Waals surface area (Å²) in [5, 5.41) is 13.2. The van der Waals surface area contributed by atoms with E-state index in [9.17, 15) is 19.2 Å². The number of hydrogen-bond acceptors (Lipinski definition) is 4. The molecule has 8 nitrogen and oxygen atoms in total. The molecule has 1 aliphatic rings. The second-order valence-corrected chi connectivity index (χ2v) is 3.96. The standard InChI is InChI=1S/C10H15N3O5/c1-2-3-6(9(16)17)11-10(18)13-4-7(14)12-8(15)5-13/h6H,2-5H2,1H3,(H,11,18)(H,16,17)(H,12,14,15). The molecule has 1 saturated heterocycles. The van der Waals surface area contributed by atoms with Crippen LogP contribution < -0.4 is 10.6 Å². The van der Waals surface area contributed by atoms with E-state index < -0.39 is 29.9 Å². The van der Waals surface area contributed by atoms with Crippen molar-refractivity contribution < 1.29 is 24.3 Å². The molecule has 18 heavy (non-hydrogen) atoms. The molecule has 0 aromatic carbocycles. The molecular weight excluding hydrogens is 242 g/mol. The molecule has 1 rings (SSSR count). The molecule has 0 spiro atoms. The van der Waals surface area contributed by atoms with Crippen LogP contribution in [0.5, 0.6) is 0 Å². The van der Waals surface area contributed by atoms with Gasteiger partial charge in [0.25, 0.3) is 0 Å². The average Bonchev–Trinajstić information content (AvgIpc) is 2.26. The second kappa shape index (κ2) is 5.99. The van der Waals surface area contributed by atoms with Gasteiger partial charge in [-0.25, -0.2) is 9.59 Å². The Morgan fingerprint density at radius 3 is 2.39 bits per heavy atom. The number of nitrogens with zero attached hydrogens (tertiary/aromatic N) is 1. The summed E-state index contributed by atoms with van der Waals surface area (Å²) in [5.74, 6) is -2.30. The quantitative estimate of drug-likeness (QED) is 0.553. The maximum atomic E-state index is 11.7. The van der Waals surface area contributed by atoms with E-state index in [1.54, 1.807) is 6.92 Å². The molecule has 3 N–H and O–H groups in total. The van der Waals surface area contributed by atoms with Crippen LogP contribution in [0.25, 0.3) is 0 Å². The highest BCUT2D eigenvalue weighted by Crippen LogP contribution is 2.01. The van der Waals surface area contributed by atoms with Crippen LogP contribution in [0.4, 0.5) is 4.79 Å². The average molecular weight is 257 g/mol. The summed E-state index contributed by atoms with van der Waals surface area (Å²) in [6.45, 7) is 1.28. The van der Waals surface area contributed by atoms with Gasteiger partial charge < -0.3 is 15.3 Å². The molecule has 0 radical (unpaired) electrons. The van der Waals surface area contributed by atoms with Crippen molar-refractivity contribution in [1.29, 1.82) is 0 Å². The molecule has 0 bridgehead atoms. The Morgan fingerprint density at radius 2 is 1.94 bits per heavy atom. The third-order valence-electron chi connectivity index (χ3n) is 2.41. The number of amides is 4. The molecule has 0 aromatic heterocycles. The van der Waals surface area contributed by atoms with Crippen molar-refractivity contribution in [2.45, 2.75) is 25.8 Å². The molecular formula is C10H15N3O5. The summed E-state index contributed by atoms with van der Waals surface area (Å²) in [6.07, 6.45) is 0.881. The lowest BCUT2D eigenvalue weighted by Crippen LogP contribution is -2.57. The minimum atomic E-state index is -1.14. The normalized spacial score (nSPS) is 17.1. The minimum Gasteiger partial charge on any atom is -0.480 e. The first kappa shape index (κ1) is 13.9. The van der Waals surface area contributed by atoms with Crippen LogP contribution >= 0.6 is 0 Å². The number of urea groups is 1. The van der Waals surface area contributed by atoms with Gasteiger partial charge in [0.05, 0.1) is 0 Å². The molecule has 4 amide bonds. The first-order chi connectivity index (χ1) is 8.43. The zero-order valence-electron chi connectivity index (χ0n) is 9.93. The molecule has 1 aliphatic heterocycles. The fraction of sp³-hybridized carbons (Fsp3) is 0.600. The van der Waals surface area contributed by atoms with Crippen molar-refractivity contribution >= 4 is 23.8 Å². The van der Waals surface area contributed by atoms with Crippen molar-refractivity contribution in [1.82, 2.24) is 15.5 Å². The van der Waals surface area contributed by atoms with Crippen LogP contribution in [-0.4, -0.2) is 53.0 Å². The maximum absolute atomic E-state index is 11.7. The van der Waals surface area contributed by atoms with Crippen molar-refractivity contribution in [2.75, 3.05) is 13.1 Å². The Hall–Kier alpha value is -2.12. The van der Waals surface area contributed by atoms with Gasteiger partial charge in [0.1, 0.15) is 19.1 Å². The third kappa shape index (κ3) is 3.72. The Balaban J connectivity index is 2.60. The van der Waals surface area contributed by atoms with Gasteiger partial charge in [-0.05, 0) is 6.42 Å². The van der Waals surface area contributed by atoms with Gasteiger partial charge in [0, 0.05) is 0 Å². The van der Waals surface area contributed by atoms with Gasteiger partial charge >= 0.3 is 12.0 Å². The van der Waals surface area contributed by atoms with Gasteiger partial charge in [0.15, 0.2) is 0 Å². The monoisotopic (exact) mass is 257 g/mol. The highest BCUT2D eigenvalue weighted by molar-refractivity contribution is 6.02. The summed E-state index contributed by atoms with van der Waals surface area (Å²) < 4.78 is 0. The first-order valence-corrected chi connectivity index (χ1v) is 5.55. The lowest BCUT2D eigenvalue weighted by atomic mass is 10.2. The summed E-state index contributed by atoms with van der Waals surface area (Å²) in [7, 11) is 0. The molecule has 1 fully saturated rings. The fourth-order valence-corrected chi connectivity index (χ4v) is 1.57. The highest BCUT2D eigenvalue weighted by Gasteiger charge is 2.28. The summed E-state index contributed by atoms with van der Waals surface area (Å²) in [6, 6.07) is -1.73. The Bertz CT molecular complexity index is 366. The predicted octanol–water partition coefficient (Wildman–Crippen LogP) is -1.09. The number of hydrogen-bond donors (Lipinski definition) is 3. The van der Waals surface area contributed by atoms with Crippen LogP contribution in [0.3, 0.4) is 0 Å². The second-order valence-electron chi connectivity index (χ2n) is 3.96. The number of aliphatic carboxylic acids is 1. The van der Waals surface area contributed by atoms with Gasteiger partial charge in [-0.15, -0.1) is 0 Å². The molecule has 100 valence electrons. The van der Waals surface area contributed by atoms with Gasteiger partial charge in [0.2, 0.25) is 11.8 Å². The minimum absolute atomic E-state index is 0.254. The van der Waals surface area contributed by atoms with Crippen molar-refractivity contribution in [3.8, 4) is 0 Å². The van der Waals surface area contributed by atoms with E-state index in [1.165, 1.54) is 0 Å². The van der Waals surface area contributed by atoms with Gasteiger partial charge in [-0.1, -0.05) is 13.3 Å². The molecule has 1 atom stereocenters. The van der Waals surface area contributed by atoms with E-state index in [0.717, 1.165) is 4.90 Å². The van der Waals surface area contributed by atoms with E-state index in [-0.39, 0.29) is 19.5 Å². The van der Waals surface area contributed by atoms with Crippen LogP contribution in [0.2, 0.25) is 0 Å². The maximum Gasteiger partial charge on any atom is 0.326 e. The first-order valence-electron chi connectivity index (χ1n) is 5.55. The van der Waals surface area contributed by atoms with E-state index >= 15 is 0 Å². The van der Waals surface area contributed by atoms with Gasteiger partial charge in [-0.3, -0.25) is 14.9 Å². The highest BCUT2D eigenvalue weighted by atomic mass is 16.4. The molecule has 1 unspecified atom stereocenters. The van der Waals surface area contributed by atoms with Crippen molar-refractivity contribution in [2.24, 2.45) is 0 Å². The number of carboxylic acid groups (broad SMARTS) is 1. The van der Waals surface area contributed by atoms with E-state index in [0.29, 0.717) is 6.42 Å². The molecule has 8 heteroatoms. The van der Waals surface area contributed by atoms with Crippen LogP contribution in [-0.2, 0) is 14.4 Å². The topological polar surface area (TPSA) is 116 Å². The lowest BCUT2D eigenvalue weighted by Gasteiger charge is -2.27. The summed E-state index contributed by atoms with van der Waals surface area (Å²) in [5.41, 5.74) is 0. The van der Waals surface area contributed by atoms with Crippen molar-refractivity contribution in [3.05, 3.63) is 0 Å². The van der Waals surface area contributed by atoms with Crippen LogP contribution in [0, 0.1) is 0 Å². The molecule has 0 aliphatic carbocycles. The molecule has 0 aromatic rings. The Labute approximate surface area is 103 Å². The van der Waals surface area contributed by atoms with E-state index in [2.05, 4.69) is 5.32 Å². The number of carbonyl (C=O) groups excluding carboxylic acids is 3. The van der Waals surface area contributed by atoms with E-state index in [1.807, 2.05) is 5.32 Å². The molecule has 0 saturated carbocycles. The summed E-state index contributed by atoms with van der Waals surface area (Å²) >= 11 is 0. The number of piperazine rings is 1. The predicted molar refractivity (Wildman–Crippen MR) is 59.6 cm³/mol. The van der Waals surface area contributed by atoms with Crippen LogP contribution in [0.15, 0.2) is 0 Å². The Morgan fingerprint density at radius 1 is 1.39 bits per heavy atom. The summed E-state index contributed by atoms with van der Waals surface area (Å²) in [4.78, 5) is 45.7.